The lowest BCUT2D eigenvalue weighted by molar-refractivity contribution is 0.372. The van der Waals surface area contributed by atoms with Crippen molar-refractivity contribution in [2.24, 2.45) is 28.7 Å². The van der Waals surface area contributed by atoms with E-state index in [4.69, 9.17) is 28.7 Å². The quantitative estimate of drug-likeness (QED) is 0.140. The highest BCUT2D eigenvalue weighted by Gasteiger charge is 2.08. The first-order valence-corrected chi connectivity index (χ1v) is 12.9. The van der Waals surface area contributed by atoms with Crippen molar-refractivity contribution in [2.45, 2.75) is 63.5 Å². The molecule has 9 heteroatoms. The van der Waals surface area contributed by atoms with Crippen molar-refractivity contribution in [3.63, 3.8) is 0 Å². The summed E-state index contributed by atoms with van der Waals surface area (Å²) in [7, 11) is 12.4. The fraction of sp³-hybridized carbons (Fsp3) is 1.00. The molecule has 0 bridgehead atoms. The summed E-state index contributed by atoms with van der Waals surface area (Å²) in [6.45, 7) is 7.46. The van der Waals surface area contributed by atoms with Gasteiger partial charge in [0.25, 0.3) is 0 Å². The topological polar surface area (TPSA) is 152 Å². The lowest BCUT2D eigenvalue weighted by Gasteiger charge is -2.19. The average molecular weight is 478 g/mol. The molecule has 0 heterocycles. The standard InChI is InChI=1S/C14H35N5.2C5H14N2/c1-19(2)12-4-11-18-14(8-10-16)6-3-5-13(17)7-9-15;2*1-7(2)5-3-4-6/h13-14,18H,3-12,15-17H2,1-2H3;2*3-6H2,1-2H3. The highest BCUT2D eigenvalue weighted by molar-refractivity contribution is 4.70. The molecule has 0 rings (SSSR count). The maximum atomic E-state index is 5.97. The van der Waals surface area contributed by atoms with Crippen LogP contribution in [-0.2, 0) is 0 Å². The first-order chi connectivity index (χ1) is 15.6. The van der Waals surface area contributed by atoms with E-state index in [1.807, 2.05) is 0 Å². The van der Waals surface area contributed by atoms with Gasteiger partial charge in [-0.3, -0.25) is 0 Å². The molecule has 0 aliphatic heterocycles. The summed E-state index contributed by atoms with van der Waals surface area (Å²) in [6, 6.07) is 0.800. The van der Waals surface area contributed by atoms with Crippen LogP contribution in [0.2, 0.25) is 0 Å². The van der Waals surface area contributed by atoms with Crippen molar-refractivity contribution < 1.29 is 0 Å². The number of hydrogen-bond acceptors (Lipinski definition) is 9. The zero-order chi connectivity index (χ0) is 25.9. The van der Waals surface area contributed by atoms with Gasteiger partial charge in [-0.2, -0.15) is 0 Å². The lowest BCUT2D eigenvalue weighted by atomic mass is 10.0. The van der Waals surface area contributed by atoms with Crippen LogP contribution in [0, 0.1) is 0 Å². The monoisotopic (exact) mass is 478 g/mol. The van der Waals surface area contributed by atoms with Gasteiger partial charge in [0, 0.05) is 12.1 Å². The molecule has 0 aromatic rings. The van der Waals surface area contributed by atoms with E-state index >= 15 is 0 Å². The Labute approximate surface area is 207 Å². The molecule has 2 unspecified atom stereocenters. The van der Waals surface area contributed by atoms with Gasteiger partial charge in [0.05, 0.1) is 0 Å². The Bertz CT molecular complexity index is 330. The zero-order valence-electron chi connectivity index (χ0n) is 23.2. The first-order valence-electron chi connectivity index (χ1n) is 12.9. The molecule has 0 amide bonds. The van der Waals surface area contributed by atoms with Gasteiger partial charge in [-0.05, 0) is 140 Å². The van der Waals surface area contributed by atoms with E-state index in [2.05, 4.69) is 62.3 Å². The fourth-order valence-corrected chi connectivity index (χ4v) is 3.05. The Morgan fingerprint density at radius 2 is 1.00 bits per heavy atom. The summed E-state index contributed by atoms with van der Waals surface area (Å²) >= 11 is 0. The molecule has 9 nitrogen and oxygen atoms in total. The number of nitrogens with two attached hydrogens (primary N) is 5. The van der Waals surface area contributed by atoms with Crippen LogP contribution in [0.4, 0.5) is 0 Å². The molecule has 0 aliphatic rings. The minimum atomic E-state index is 0.261. The second-order valence-corrected chi connectivity index (χ2v) is 9.54. The van der Waals surface area contributed by atoms with Gasteiger partial charge in [0.2, 0.25) is 0 Å². The molecule has 11 N–H and O–H groups in total. The van der Waals surface area contributed by atoms with E-state index in [-0.39, 0.29) is 6.04 Å². The minimum Gasteiger partial charge on any atom is -0.330 e. The molecular formula is C24H63N9. The Hall–Kier alpha value is -0.360. The second-order valence-electron chi connectivity index (χ2n) is 9.54. The van der Waals surface area contributed by atoms with E-state index in [0.717, 1.165) is 90.8 Å². The van der Waals surface area contributed by atoms with Gasteiger partial charge >= 0.3 is 0 Å². The van der Waals surface area contributed by atoms with Crippen LogP contribution in [0.25, 0.3) is 0 Å². The van der Waals surface area contributed by atoms with E-state index in [1.165, 1.54) is 6.42 Å². The van der Waals surface area contributed by atoms with Crippen molar-refractivity contribution in [3.05, 3.63) is 0 Å². The van der Waals surface area contributed by atoms with Gasteiger partial charge in [-0.15, -0.1) is 0 Å². The van der Waals surface area contributed by atoms with Gasteiger partial charge < -0.3 is 48.7 Å². The van der Waals surface area contributed by atoms with Crippen molar-refractivity contribution in [2.75, 3.05) is 94.6 Å². The Morgan fingerprint density at radius 3 is 1.36 bits per heavy atom. The molecule has 0 spiro atoms. The molecule has 0 aromatic heterocycles. The molecule has 204 valence electrons. The second kappa shape index (κ2) is 29.7. The summed E-state index contributed by atoms with van der Waals surface area (Å²) in [5.74, 6) is 0. The maximum absolute atomic E-state index is 5.97. The van der Waals surface area contributed by atoms with Crippen molar-refractivity contribution >= 4 is 0 Å². The van der Waals surface area contributed by atoms with Gasteiger partial charge in [0.15, 0.2) is 0 Å². The van der Waals surface area contributed by atoms with Crippen molar-refractivity contribution in [1.29, 1.82) is 0 Å². The van der Waals surface area contributed by atoms with Gasteiger partial charge in [-0.1, -0.05) is 6.42 Å². The third kappa shape index (κ3) is 39.2. The predicted octanol–water partition coefficient (Wildman–Crippen LogP) is -0.115. The fourth-order valence-electron chi connectivity index (χ4n) is 3.05. The third-order valence-electron chi connectivity index (χ3n) is 5.01. The number of rotatable bonds is 19. The van der Waals surface area contributed by atoms with Crippen LogP contribution in [0.1, 0.15) is 51.4 Å². The first kappa shape index (κ1) is 37.2. The van der Waals surface area contributed by atoms with Gasteiger partial charge in [-0.25, -0.2) is 0 Å². The molecule has 0 saturated heterocycles. The van der Waals surface area contributed by atoms with E-state index < -0.39 is 0 Å². The summed E-state index contributed by atoms with van der Waals surface area (Å²) in [5, 5.41) is 3.61. The summed E-state index contributed by atoms with van der Waals surface area (Å²) in [4.78, 5) is 6.48. The zero-order valence-corrected chi connectivity index (χ0v) is 23.2. The van der Waals surface area contributed by atoms with Crippen LogP contribution >= 0.6 is 0 Å². The van der Waals surface area contributed by atoms with Crippen molar-refractivity contribution in [3.8, 4) is 0 Å². The van der Waals surface area contributed by atoms with E-state index in [9.17, 15) is 0 Å². The molecule has 2 atom stereocenters. The maximum Gasteiger partial charge on any atom is 0.00790 e. The Balaban J connectivity index is -0.000000524. The minimum absolute atomic E-state index is 0.261. The van der Waals surface area contributed by atoms with Crippen LogP contribution < -0.4 is 34.0 Å². The summed E-state index contributed by atoms with van der Waals surface area (Å²) in [5.41, 5.74) is 27.6. The van der Waals surface area contributed by atoms with E-state index in [1.54, 1.807) is 0 Å². The van der Waals surface area contributed by atoms with Crippen LogP contribution in [0.3, 0.4) is 0 Å². The van der Waals surface area contributed by atoms with E-state index in [0.29, 0.717) is 12.6 Å². The summed E-state index contributed by atoms with van der Waals surface area (Å²) < 4.78 is 0. The van der Waals surface area contributed by atoms with Gasteiger partial charge in [0.1, 0.15) is 0 Å². The highest BCUT2D eigenvalue weighted by Crippen LogP contribution is 2.07. The largest absolute Gasteiger partial charge is 0.330 e. The Morgan fingerprint density at radius 1 is 0.545 bits per heavy atom. The smallest absolute Gasteiger partial charge is 0.00790 e. The van der Waals surface area contributed by atoms with Crippen molar-refractivity contribution in [1.82, 2.24) is 20.0 Å². The Kier molecular flexibility index (Phi) is 33.4. The molecule has 33 heavy (non-hydrogen) atoms. The van der Waals surface area contributed by atoms with Crippen LogP contribution in [0.5, 0.6) is 0 Å². The van der Waals surface area contributed by atoms with Crippen LogP contribution in [0.15, 0.2) is 0 Å². The number of nitrogens with zero attached hydrogens (tertiary/aromatic N) is 3. The normalized spacial score (nSPS) is 12.9. The molecule has 0 radical (unpaired) electrons. The third-order valence-corrected chi connectivity index (χ3v) is 5.01. The number of hydrogen-bond donors (Lipinski definition) is 6. The lowest BCUT2D eigenvalue weighted by Crippen LogP contribution is -2.34. The molecular weight excluding hydrogens is 414 g/mol. The molecule has 0 aliphatic carbocycles. The average Bonchev–Trinajstić information content (AvgIpc) is 2.74. The molecule has 0 fully saturated rings. The molecule has 0 saturated carbocycles. The van der Waals surface area contributed by atoms with Crippen LogP contribution in [-0.4, -0.2) is 121 Å². The predicted molar refractivity (Wildman–Crippen MR) is 149 cm³/mol. The summed E-state index contributed by atoms with van der Waals surface area (Å²) in [6.07, 6.45) is 8.76. The highest BCUT2D eigenvalue weighted by atomic mass is 15.1. The SMILES string of the molecule is CN(C)CCCN.CN(C)CCCN.CN(C)CCCNC(CCN)CCCC(N)CCN. The molecule has 0 aromatic carbocycles. The number of nitrogens with one attached hydrogen (secondary N) is 1.